The molecule has 160 valence electrons. The van der Waals surface area contributed by atoms with Crippen LogP contribution in [0, 0.1) is 6.92 Å². The SMILES string of the molecule is Cc1ccc(NCC(=O)NNC(=O)C(c2ccccc2)N2CCS(=O)(=O)CC2)cc1. The van der Waals surface area contributed by atoms with E-state index in [1.165, 1.54) is 0 Å². The molecule has 1 atom stereocenters. The van der Waals surface area contributed by atoms with E-state index in [1.54, 1.807) is 0 Å². The second-order valence-electron chi connectivity index (χ2n) is 7.26. The van der Waals surface area contributed by atoms with E-state index in [-0.39, 0.29) is 31.1 Å². The Labute approximate surface area is 176 Å². The van der Waals surface area contributed by atoms with Crippen molar-refractivity contribution in [3.63, 3.8) is 0 Å². The zero-order valence-electron chi connectivity index (χ0n) is 16.8. The maximum atomic E-state index is 12.9. The molecule has 8 nitrogen and oxygen atoms in total. The summed E-state index contributed by atoms with van der Waals surface area (Å²) in [7, 11) is -3.07. The summed E-state index contributed by atoms with van der Waals surface area (Å²) in [4.78, 5) is 26.8. The molecule has 9 heteroatoms. The first kappa shape index (κ1) is 21.8. The van der Waals surface area contributed by atoms with Gasteiger partial charge in [0.25, 0.3) is 11.8 Å². The Morgan fingerprint density at radius 3 is 2.23 bits per heavy atom. The van der Waals surface area contributed by atoms with Crippen molar-refractivity contribution in [1.82, 2.24) is 15.8 Å². The first-order valence-electron chi connectivity index (χ1n) is 9.73. The quantitative estimate of drug-likeness (QED) is 0.591. The summed E-state index contributed by atoms with van der Waals surface area (Å²) in [5.41, 5.74) is 7.56. The van der Waals surface area contributed by atoms with Gasteiger partial charge < -0.3 is 5.32 Å². The van der Waals surface area contributed by atoms with E-state index in [0.717, 1.165) is 16.8 Å². The first-order valence-corrected chi connectivity index (χ1v) is 11.5. The Hall–Kier alpha value is -2.91. The van der Waals surface area contributed by atoms with E-state index in [1.807, 2.05) is 66.4 Å². The molecule has 1 saturated heterocycles. The average molecular weight is 431 g/mol. The number of hydrogen-bond acceptors (Lipinski definition) is 6. The van der Waals surface area contributed by atoms with Gasteiger partial charge >= 0.3 is 0 Å². The number of aryl methyl sites for hydroxylation is 1. The third-order valence-corrected chi connectivity index (χ3v) is 6.55. The van der Waals surface area contributed by atoms with Crippen LogP contribution in [0.4, 0.5) is 5.69 Å². The predicted molar refractivity (Wildman–Crippen MR) is 115 cm³/mol. The molecule has 1 heterocycles. The molecule has 3 rings (SSSR count). The Morgan fingerprint density at radius 1 is 0.967 bits per heavy atom. The largest absolute Gasteiger partial charge is 0.376 e. The van der Waals surface area contributed by atoms with Crippen molar-refractivity contribution in [3.8, 4) is 0 Å². The Morgan fingerprint density at radius 2 is 1.60 bits per heavy atom. The number of anilines is 1. The molecule has 2 amide bonds. The van der Waals surface area contributed by atoms with Crippen molar-refractivity contribution < 1.29 is 18.0 Å². The van der Waals surface area contributed by atoms with Crippen LogP contribution in [0.2, 0.25) is 0 Å². The normalized spacial score (nSPS) is 17.0. The molecule has 1 unspecified atom stereocenters. The molecule has 0 spiro atoms. The Bertz CT molecular complexity index is 964. The molecular formula is C21H26N4O4S. The van der Waals surface area contributed by atoms with E-state index in [9.17, 15) is 18.0 Å². The number of benzene rings is 2. The number of nitrogens with zero attached hydrogens (tertiary/aromatic N) is 1. The van der Waals surface area contributed by atoms with Gasteiger partial charge in [-0.25, -0.2) is 8.42 Å². The highest BCUT2D eigenvalue weighted by Crippen LogP contribution is 2.23. The molecule has 1 fully saturated rings. The molecule has 1 aliphatic rings. The first-order chi connectivity index (χ1) is 14.3. The highest BCUT2D eigenvalue weighted by Gasteiger charge is 2.32. The van der Waals surface area contributed by atoms with Gasteiger partial charge in [-0.15, -0.1) is 0 Å². The number of carbonyl (C=O) groups is 2. The highest BCUT2D eigenvalue weighted by molar-refractivity contribution is 7.91. The van der Waals surface area contributed by atoms with Gasteiger partial charge in [-0.1, -0.05) is 48.0 Å². The topological polar surface area (TPSA) is 108 Å². The number of carbonyl (C=O) groups excluding carboxylic acids is 2. The summed E-state index contributed by atoms with van der Waals surface area (Å²) in [6.07, 6.45) is 0. The van der Waals surface area contributed by atoms with Crippen molar-refractivity contribution in [2.75, 3.05) is 36.5 Å². The molecule has 0 aliphatic carbocycles. The second-order valence-corrected chi connectivity index (χ2v) is 9.56. The van der Waals surface area contributed by atoms with Crippen LogP contribution >= 0.6 is 0 Å². The minimum absolute atomic E-state index is 0.00129. The number of amides is 2. The van der Waals surface area contributed by atoms with Crippen LogP contribution in [-0.2, 0) is 19.4 Å². The van der Waals surface area contributed by atoms with E-state index in [0.29, 0.717) is 0 Å². The smallest absolute Gasteiger partial charge is 0.260 e. The number of nitrogens with one attached hydrogen (secondary N) is 3. The average Bonchev–Trinajstić information content (AvgIpc) is 2.74. The summed E-state index contributed by atoms with van der Waals surface area (Å²) >= 11 is 0. The number of hydrogen-bond donors (Lipinski definition) is 3. The lowest BCUT2D eigenvalue weighted by molar-refractivity contribution is -0.131. The van der Waals surface area contributed by atoms with Crippen molar-refractivity contribution in [2.45, 2.75) is 13.0 Å². The third kappa shape index (κ3) is 6.04. The molecule has 3 N–H and O–H groups in total. The molecule has 1 aliphatic heterocycles. The maximum Gasteiger partial charge on any atom is 0.260 e. The summed E-state index contributed by atoms with van der Waals surface area (Å²) in [6, 6.07) is 16.0. The fraction of sp³-hybridized carbons (Fsp3) is 0.333. The number of hydrazine groups is 1. The van der Waals surface area contributed by atoms with Gasteiger partial charge in [0.1, 0.15) is 6.04 Å². The van der Waals surface area contributed by atoms with Gasteiger partial charge in [-0.05, 0) is 24.6 Å². The van der Waals surface area contributed by atoms with E-state index in [4.69, 9.17) is 0 Å². The van der Waals surface area contributed by atoms with Crippen molar-refractivity contribution >= 4 is 27.3 Å². The van der Waals surface area contributed by atoms with Crippen LogP contribution in [0.15, 0.2) is 54.6 Å². The maximum absolute atomic E-state index is 12.9. The van der Waals surface area contributed by atoms with E-state index in [2.05, 4.69) is 16.2 Å². The van der Waals surface area contributed by atoms with Gasteiger partial charge in [0.05, 0.1) is 18.1 Å². The molecular weight excluding hydrogens is 404 g/mol. The van der Waals surface area contributed by atoms with Crippen LogP contribution in [-0.4, -0.2) is 56.3 Å². The number of sulfone groups is 1. The monoisotopic (exact) mass is 430 g/mol. The second kappa shape index (κ2) is 9.73. The molecule has 0 aromatic heterocycles. The molecule has 0 bridgehead atoms. The Kier molecular flexibility index (Phi) is 7.07. The Balaban J connectivity index is 1.59. The van der Waals surface area contributed by atoms with Crippen LogP contribution in [0.5, 0.6) is 0 Å². The van der Waals surface area contributed by atoms with Crippen LogP contribution < -0.4 is 16.2 Å². The van der Waals surface area contributed by atoms with Gasteiger partial charge in [0, 0.05) is 18.8 Å². The fourth-order valence-electron chi connectivity index (χ4n) is 3.25. The zero-order valence-corrected chi connectivity index (χ0v) is 17.6. The van der Waals surface area contributed by atoms with Gasteiger partial charge in [-0.3, -0.25) is 25.3 Å². The summed E-state index contributed by atoms with van der Waals surface area (Å²) in [6.45, 7) is 2.50. The summed E-state index contributed by atoms with van der Waals surface area (Å²) in [5.74, 6) is -0.784. The predicted octanol–water partition coefficient (Wildman–Crippen LogP) is 1.03. The lowest BCUT2D eigenvalue weighted by Gasteiger charge is -2.33. The van der Waals surface area contributed by atoms with Gasteiger partial charge in [0.15, 0.2) is 9.84 Å². The fourth-order valence-corrected chi connectivity index (χ4v) is 4.48. The van der Waals surface area contributed by atoms with Crippen molar-refractivity contribution in [1.29, 1.82) is 0 Å². The van der Waals surface area contributed by atoms with Crippen LogP contribution in [0.1, 0.15) is 17.2 Å². The highest BCUT2D eigenvalue weighted by atomic mass is 32.2. The minimum Gasteiger partial charge on any atom is -0.376 e. The summed E-state index contributed by atoms with van der Waals surface area (Å²) < 4.78 is 23.5. The van der Waals surface area contributed by atoms with Crippen LogP contribution in [0.3, 0.4) is 0 Å². The van der Waals surface area contributed by atoms with Gasteiger partial charge in [0.2, 0.25) is 0 Å². The van der Waals surface area contributed by atoms with Crippen molar-refractivity contribution in [3.05, 3.63) is 65.7 Å². The van der Waals surface area contributed by atoms with Crippen molar-refractivity contribution in [2.24, 2.45) is 0 Å². The lowest BCUT2D eigenvalue weighted by Crippen LogP contribution is -2.52. The molecule has 0 saturated carbocycles. The summed E-state index contributed by atoms with van der Waals surface area (Å²) in [5, 5.41) is 2.99. The molecule has 2 aromatic rings. The standard InChI is InChI=1S/C21H26N4O4S/c1-16-7-9-18(10-8-16)22-15-19(26)23-24-21(27)20(17-5-3-2-4-6-17)25-11-13-30(28,29)14-12-25/h2-10,20,22H,11-15H2,1H3,(H,23,26)(H,24,27). The number of rotatable bonds is 6. The zero-order chi connectivity index (χ0) is 21.6. The minimum atomic E-state index is -3.07. The molecule has 2 aromatic carbocycles. The van der Waals surface area contributed by atoms with Gasteiger partial charge in [-0.2, -0.15) is 0 Å². The van der Waals surface area contributed by atoms with Crippen LogP contribution in [0.25, 0.3) is 0 Å². The molecule has 30 heavy (non-hydrogen) atoms. The van der Waals surface area contributed by atoms with E-state index < -0.39 is 27.7 Å². The third-order valence-electron chi connectivity index (χ3n) is 4.94. The van der Waals surface area contributed by atoms with E-state index >= 15 is 0 Å². The lowest BCUT2D eigenvalue weighted by atomic mass is 10.0. The molecule has 0 radical (unpaired) electrons.